The smallest absolute Gasteiger partial charge is 0.119 e. The molecule has 0 aromatic heterocycles. The van der Waals surface area contributed by atoms with Gasteiger partial charge in [0.2, 0.25) is 0 Å². The molecule has 0 heterocycles. The Morgan fingerprint density at radius 2 is 1.75 bits per heavy atom. The van der Waals surface area contributed by atoms with Crippen molar-refractivity contribution in [2.45, 2.75) is 13.0 Å². The average molecular weight is 224 g/mol. The van der Waals surface area contributed by atoms with Crippen LogP contribution in [-0.4, -0.2) is 42.3 Å². The first kappa shape index (κ1) is 12.8. The van der Waals surface area contributed by atoms with Gasteiger partial charge in [-0.25, -0.2) is 0 Å². The highest BCUT2D eigenvalue weighted by Crippen LogP contribution is 2.24. The van der Waals surface area contributed by atoms with Crippen LogP contribution in [0.2, 0.25) is 0 Å². The van der Waals surface area contributed by atoms with Gasteiger partial charge in [0, 0.05) is 25.2 Å². The SMILES string of the molecule is CC(NCCN(C)C)c1cc(O)cc(O)c1. The number of hydrogen-bond acceptors (Lipinski definition) is 4. The summed E-state index contributed by atoms with van der Waals surface area (Å²) in [6, 6.07) is 4.76. The van der Waals surface area contributed by atoms with E-state index in [4.69, 9.17) is 0 Å². The zero-order chi connectivity index (χ0) is 12.1. The maximum atomic E-state index is 9.36. The molecular formula is C12H20N2O2. The first-order chi connectivity index (χ1) is 7.49. The minimum atomic E-state index is 0.0938. The van der Waals surface area contributed by atoms with Crippen molar-refractivity contribution in [2.24, 2.45) is 0 Å². The van der Waals surface area contributed by atoms with Crippen LogP contribution >= 0.6 is 0 Å². The van der Waals surface area contributed by atoms with Crippen LogP contribution in [-0.2, 0) is 0 Å². The van der Waals surface area contributed by atoms with Gasteiger partial charge in [0.05, 0.1) is 0 Å². The molecule has 16 heavy (non-hydrogen) atoms. The third-order valence-corrected chi connectivity index (χ3v) is 2.43. The predicted molar refractivity (Wildman–Crippen MR) is 64.7 cm³/mol. The summed E-state index contributed by atoms with van der Waals surface area (Å²) in [5.74, 6) is 0.188. The van der Waals surface area contributed by atoms with E-state index in [1.54, 1.807) is 12.1 Å². The van der Waals surface area contributed by atoms with Crippen LogP contribution in [0.5, 0.6) is 11.5 Å². The predicted octanol–water partition coefficient (Wildman–Crippen LogP) is 1.31. The lowest BCUT2D eigenvalue weighted by atomic mass is 10.1. The van der Waals surface area contributed by atoms with Gasteiger partial charge in [-0.2, -0.15) is 0 Å². The maximum absolute atomic E-state index is 9.36. The Kier molecular flexibility index (Phi) is 4.58. The Labute approximate surface area is 96.5 Å². The fraction of sp³-hybridized carbons (Fsp3) is 0.500. The van der Waals surface area contributed by atoms with Crippen molar-refractivity contribution in [1.29, 1.82) is 0 Å². The van der Waals surface area contributed by atoms with Gasteiger partial charge in [0.25, 0.3) is 0 Å². The van der Waals surface area contributed by atoms with Crippen LogP contribution in [0.15, 0.2) is 18.2 Å². The largest absolute Gasteiger partial charge is 0.508 e. The van der Waals surface area contributed by atoms with Gasteiger partial charge in [-0.1, -0.05) is 0 Å². The van der Waals surface area contributed by atoms with E-state index in [0.717, 1.165) is 18.7 Å². The number of hydrogen-bond donors (Lipinski definition) is 3. The van der Waals surface area contributed by atoms with Crippen molar-refractivity contribution < 1.29 is 10.2 Å². The Morgan fingerprint density at radius 1 is 1.19 bits per heavy atom. The van der Waals surface area contributed by atoms with Crippen molar-refractivity contribution in [3.05, 3.63) is 23.8 Å². The van der Waals surface area contributed by atoms with Crippen molar-refractivity contribution in [3.8, 4) is 11.5 Å². The van der Waals surface area contributed by atoms with E-state index in [1.165, 1.54) is 6.07 Å². The molecule has 4 heteroatoms. The highest BCUT2D eigenvalue weighted by Gasteiger charge is 2.07. The Balaban J connectivity index is 2.55. The van der Waals surface area contributed by atoms with Crippen LogP contribution < -0.4 is 5.32 Å². The third-order valence-electron chi connectivity index (χ3n) is 2.43. The minimum Gasteiger partial charge on any atom is -0.508 e. The molecule has 0 spiro atoms. The zero-order valence-corrected chi connectivity index (χ0v) is 10.1. The Bertz CT molecular complexity index is 320. The average Bonchev–Trinajstić information content (AvgIpc) is 2.15. The minimum absolute atomic E-state index is 0.0938. The van der Waals surface area contributed by atoms with Gasteiger partial charge >= 0.3 is 0 Å². The molecule has 0 aliphatic heterocycles. The number of aromatic hydroxyl groups is 2. The molecule has 0 saturated carbocycles. The lowest BCUT2D eigenvalue weighted by Crippen LogP contribution is -2.28. The number of rotatable bonds is 5. The number of phenols is 2. The van der Waals surface area contributed by atoms with Crippen LogP contribution in [0, 0.1) is 0 Å². The van der Waals surface area contributed by atoms with Gasteiger partial charge in [0.15, 0.2) is 0 Å². The summed E-state index contributed by atoms with van der Waals surface area (Å²) in [5.41, 5.74) is 0.885. The number of benzene rings is 1. The summed E-state index contributed by atoms with van der Waals surface area (Å²) in [6.45, 7) is 3.82. The summed E-state index contributed by atoms with van der Waals surface area (Å²) in [7, 11) is 4.04. The second-order valence-electron chi connectivity index (χ2n) is 4.26. The topological polar surface area (TPSA) is 55.7 Å². The normalized spacial score (nSPS) is 13.0. The Morgan fingerprint density at radius 3 is 2.25 bits per heavy atom. The number of nitrogens with zero attached hydrogens (tertiary/aromatic N) is 1. The molecule has 0 aliphatic carbocycles. The van der Waals surface area contributed by atoms with E-state index in [0.29, 0.717) is 0 Å². The highest BCUT2D eigenvalue weighted by atomic mass is 16.3. The molecule has 1 aromatic carbocycles. The molecule has 0 saturated heterocycles. The van der Waals surface area contributed by atoms with E-state index in [1.807, 2.05) is 21.0 Å². The molecule has 0 aliphatic rings. The van der Waals surface area contributed by atoms with E-state index in [2.05, 4.69) is 10.2 Å². The Hall–Kier alpha value is -1.26. The van der Waals surface area contributed by atoms with E-state index in [9.17, 15) is 10.2 Å². The standard InChI is InChI=1S/C12H20N2O2/c1-9(13-4-5-14(2)3)10-6-11(15)8-12(16)7-10/h6-9,13,15-16H,4-5H2,1-3H3. The molecule has 0 bridgehead atoms. The molecule has 90 valence electrons. The van der Waals surface area contributed by atoms with Crippen molar-refractivity contribution in [1.82, 2.24) is 10.2 Å². The maximum Gasteiger partial charge on any atom is 0.119 e. The molecule has 1 aromatic rings. The molecule has 1 rings (SSSR count). The van der Waals surface area contributed by atoms with Crippen LogP contribution in [0.25, 0.3) is 0 Å². The molecule has 1 atom stereocenters. The van der Waals surface area contributed by atoms with Crippen molar-refractivity contribution in [2.75, 3.05) is 27.2 Å². The van der Waals surface area contributed by atoms with Crippen LogP contribution in [0.1, 0.15) is 18.5 Å². The zero-order valence-electron chi connectivity index (χ0n) is 10.1. The number of nitrogens with one attached hydrogen (secondary N) is 1. The quantitative estimate of drug-likeness (QED) is 0.706. The summed E-state index contributed by atoms with van der Waals surface area (Å²) < 4.78 is 0. The molecule has 0 amide bonds. The van der Waals surface area contributed by atoms with Gasteiger partial charge in [-0.05, 0) is 38.7 Å². The monoisotopic (exact) mass is 224 g/mol. The van der Waals surface area contributed by atoms with E-state index < -0.39 is 0 Å². The second kappa shape index (κ2) is 5.72. The van der Waals surface area contributed by atoms with Crippen molar-refractivity contribution >= 4 is 0 Å². The summed E-state index contributed by atoms with van der Waals surface area (Å²) in [6.07, 6.45) is 0. The fourth-order valence-electron chi connectivity index (χ4n) is 1.49. The van der Waals surface area contributed by atoms with Gasteiger partial charge < -0.3 is 20.4 Å². The molecule has 0 radical (unpaired) electrons. The molecule has 3 N–H and O–H groups in total. The lowest BCUT2D eigenvalue weighted by molar-refractivity contribution is 0.388. The van der Waals surface area contributed by atoms with E-state index >= 15 is 0 Å². The van der Waals surface area contributed by atoms with Crippen molar-refractivity contribution in [3.63, 3.8) is 0 Å². The molecular weight excluding hydrogens is 204 g/mol. The number of phenolic OH excluding ortho intramolecular Hbond substituents is 2. The van der Waals surface area contributed by atoms with Crippen LogP contribution in [0.3, 0.4) is 0 Å². The van der Waals surface area contributed by atoms with E-state index in [-0.39, 0.29) is 17.5 Å². The number of likely N-dealkylation sites (N-methyl/N-ethyl adjacent to an activating group) is 1. The lowest BCUT2D eigenvalue weighted by Gasteiger charge is -2.17. The van der Waals surface area contributed by atoms with Gasteiger partial charge in [-0.3, -0.25) is 0 Å². The molecule has 1 unspecified atom stereocenters. The summed E-state index contributed by atoms with van der Waals surface area (Å²) >= 11 is 0. The molecule has 4 nitrogen and oxygen atoms in total. The summed E-state index contributed by atoms with van der Waals surface area (Å²) in [4.78, 5) is 2.10. The molecule has 0 fully saturated rings. The van der Waals surface area contributed by atoms with Crippen LogP contribution in [0.4, 0.5) is 0 Å². The van der Waals surface area contributed by atoms with Gasteiger partial charge in [-0.15, -0.1) is 0 Å². The second-order valence-corrected chi connectivity index (χ2v) is 4.26. The first-order valence-corrected chi connectivity index (χ1v) is 5.40. The summed E-state index contributed by atoms with van der Waals surface area (Å²) in [5, 5.41) is 22.0. The fourth-order valence-corrected chi connectivity index (χ4v) is 1.49. The first-order valence-electron chi connectivity index (χ1n) is 5.40. The van der Waals surface area contributed by atoms with Gasteiger partial charge in [0.1, 0.15) is 11.5 Å². The third kappa shape index (κ3) is 4.08. The highest BCUT2D eigenvalue weighted by molar-refractivity contribution is 5.37.